The van der Waals surface area contributed by atoms with Crippen LogP contribution in [0.3, 0.4) is 0 Å². The second-order valence-electron chi connectivity index (χ2n) is 4.71. The molecule has 0 saturated carbocycles. The van der Waals surface area contributed by atoms with Crippen LogP contribution in [0.5, 0.6) is 0 Å². The van der Waals surface area contributed by atoms with Crippen molar-refractivity contribution in [3.05, 3.63) is 23.0 Å². The molecule has 0 spiro atoms. The number of carbonyl (C=O) groups excluding carboxylic acids is 1. The number of hydrogen-bond donors (Lipinski definition) is 1. The molecule has 0 aliphatic rings. The molecule has 0 bridgehead atoms. The van der Waals surface area contributed by atoms with Crippen molar-refractivity contribution in [1.82, 2.24) is 4.98 Å². The average Bonchev–Trinajstić information content (AvgIpc) is 2.38. The third kappa shape index (κ3) is 4.30. The molecule has 1 N–H and O–H groups in total. The van der Waals surface area contributed by atoms with E-state index >= 15 is 0 Å². The van der Waals surface area contributed by atoms with E-state index in [1.165, 1.54) is 6.42 Å². The molecule has 0 aliphatic carbocycles. The van der Waals surface area contributed by atoms with Gasteiger partial charge in [-0.05, 0) is 24.8 Å². The van der Waals surface area contributed by atoms with E-state index in [4.69, 9.17) is 11.6 Å². The van der Waals surface area contributed by atoms with Crippen LogP contribution >= 0.6 is 11.6 Å². The minimum absolute atomic E-state index is 0.289. The SMILES string of the molecule is CCC(C)CC(CC)Nc1cnc(C=O)c(Cl)c1. The molecule has 0 saturated heterocycles. The van der Waals surface area contributed by atoms with Gasteiger partial charge in [0.05, 0.1) is 16.9 Å². The highest BCUT2D eigenvalue weighted by Crippen LogP contribution is 2.20. The fourth-order valence-electron chi connectivity index (χ4n) is 1.83. The van der Waals surface area contributed by atoms with Gasteiger partial charge in [-0.3, -0.25) is 4.79 Å². The van der Waals surface area contributed by atoms with Crippen molar-refractivity contribution in [3.63, 3.8) is 0 Å². The molecule has 1 aromatic heterocycles. The molecular formula is C14H21ClN2O. The number of rotatable bonds is 7. The van der Waals surface area contributed by atoms with Crippen LogP contribution in [0.15, 0.2) is 12.3 Å². The zero-order valence-corrected chi connectivity index (χ0v) is 12.0. The van der Waals surface area contributed by atoms with Crippen LogP contribution in [-0.4, -0.2) is 17.3 Å². The van der Waals surface area contributed by atoms with Gasteiger partial charge >= 0.3 is 0 Å². The molecule has 2 atom stereocenters. The summed E-state index contributed by atoms with van der Waals surface area (Å²) in [5, 5.41) is 3.82. The highest BCUT2D eigenvalue weighted by atomic mass is 35.5. The first-order chi connectivity index (χ1) is 8.60. The number of nitrogens with zero attached hydrogens (tertiary/aromatic N) is 1. The lowest BCUT2D eigenvalue weighted by molar-refractivity contribution is 0.111. The van der Waals surface area contributed by atoms with Gasteiger partial charge in [0.15, 0.2) is 6.29 Å². The first-order valence-electron chi connectivity index (χ1n) is 6.47. The highest BCUT2D eigenvalue weighted by Gasteiger charge is 2.11. The standard InChI is InChI=1S/C14H21ClN2O/c1-4-10(3)6-11(5-2)17-12-7-13(15)14(9-18)16-8-12/h7-11,17H,4-6H2,1-3H3. The Morgan fingerprint density at radius 3 is 2.67 bits per heavy atom. The van der Waals surface area contributed by atoms with Gasteiger partial charge in [-0.2, -0.15) is 0 Å². The number of halogens is 1. The zero-order valence-electron chi connectivity index (χ0n) is 11.2. The van der Waals surface area contributed by atoms with Crippen molar-refractivity contribution in [3.8, 4) is 0 Å². The van der Waals surface area contributed by atoms with Gasteiger partial charge in [0, 0.05) is 6.04 Å². The minimum Gasteiger partial charge on any atom is -0.381 e. The Kier molecular flexibility index (Phi) is 6.13. The van der Waals surface area contributed by atoms with Gasteiger partial charge < -0.3 is 5.32 Å². The largest absolute Gasteiger partial charge is 0.381 e. The molecule has 0 fully saturated rings. The Morgan fingerprint density at radius 1 is 1.44 bits per heavy atom. The fourth-order valence-corrected chi connectivity index (χ4v) is 2.04. The third-order valence-corrected chi connectivity index (χ3v) is 3.53. The van der Waals surface area contributed by atoms with E-state index in [1.54, 1.807) is 12.3 Å². The van der Waals surface area contributed by atoms with E-state index in [-0.39, 0.29) is 5.69 Å². The molecule has 4 heteroatoms. The van der Waals surface area contributed by atoms with Crippen LogP contribution in [0, 0.1) is 5.92 Å². The number of anilines is 1. The summed E-state index contributed by atoms with van der Waals surface area (Å²) in [6, 6.07) is 2.18. The van der Waals surface area contributed by atoms with Crippen molar-refractivity contribution in [2.24, 2.45) is 5.92 Å². The van der Waals surface area contributed by atoms with Gasteiger partial charge in [0.2, 0.25) is 0 Å². The van der Waals surface area contributed by atoms with Crippen molar-refractivity contribution >= 4 is 23.6 Å². The van der Waals surface area contributed by atoms with Crippen LogP contribution < -0.4 is 5.32 Å². The Labute approximate surface area is 114 Å². The molecule has 0 aliphatic heterocycles. The summed E-state index contributed by atoms with van der Waals surface area (Å²) in [4.78, 5) is 14.7. The zero-order chi connectivity index (χ0) is 13.5. The maximum Gasteiger partial charge on any atom is 0.169 e. The monoisotopic (exact) mass is 268 g/mol. The van der Waals surface area contributed by atoms with Gasteiger partial charge in [-0.1, -0.05) is 38.8 Å². The Bertz CT molecular complexity index is 395. The molecule has 100 valence electrons. The van der Waals surface area contributed by atoms with Crippen molar-refractivity contribution in [2.75, 3.05) is 5.32 Å². The van der Waals surface area contributed by atoms with Gasteiger partial charge in [-0.25, -0.2) is 4.98 Å². The molecule has 3 nitrogen and oxygen atoms in total. The molecule has 1 heterocycles. The maximum atomic E-state index is 10.6. The van der Waals surface area contributed by atoms with E-state index in [9.17, 15) is 4.79 Å². The molecule has 0 amide bonds. The summed E-state index contributed by atoms with van der Waals surface area (Å²) in [7, 11) is 0. The number of nitrogens with one attached hydrogen (secondary N) is 1. The smallest absolute Gasteiger partial charge is 0.169 e. The number of aromatic nitrogens is 1. The van der Waals surface area contributed by atoms with Crippen LogP contribution in [0.1, 0.15) is 50.5 Å². The van der Waals surface area contributed by atoms with E-state index in [0.717, 1.165) is 18.5 Å². The van der Waals surface area contributed by atoms with Crippen LogP contribution in [0.4, 0.5) is 5.69 Å². The fraction of sp³-hybridized carbons (Fsp3) is 0.571. The predicted molar refractivity (Wildman–Crippen MR) is 76.4 cm³/mol. The Balaban J connectivity index is 2.69. The van der Waals surface area contributed by atoms with Crippen LogP contribution in [-0.2, 0) is 0 Å². The lowest BCUT2D eigenvalue weighted by Gasteiger charge is -2.21. The number of aldehydes is 1. The number of pyridine rings is 1. The molecule has 0 radical (unpaired) electrons. The van der Waals surface area contributed by atoms with Crippen LogP contribution in [0.25, 0.3) is 0 Å². The van der Waals surface area contributed by atoms with Crippen LogP contribution in [0.2, 0.25) is 5.02 Å². The van der Waals surface area contributed by atoms with E-state index in [1.807, 2.05) is 0 Å². The van der Waals surface area contributed by atoms with Crippen molar-refractivity contribution in [1.29, 1.82) is 0 Å². The Morgan fingerprint density at radius 2 is 2.17 bits per heavy atom. The summed E-state index contributed by atoms with van der Waals surface area (Å²) >= 11 is 5.96. The summed E-state index contributed by atoms with van der Waals surface area (Å²) in [6.07, 6.45) is 5.69. The van der Waals surface area contributed by atoms with Gasteiger partial charge in [-0.15, -0.1) is 0 Å². The molecule has 0 aromatic carbocycles. The number of hydrogen-bond acceptors (Lipinski definition) is 3. The first-order valence-corrected chi connectivity index (χ1v) is 6.85. The second-order valence-corrected chi connectivity index (χ2v) is 5.11. The second kappa shape index (κ2) is 7.37. The quantitative estimate of drug-likeness (QED) is 0.755. The first kappa shape index (κ1) is 15.0. The normalized spacial score (nSPS) is 14.0. The summed E-state index contributed by atoms with van der Waals surface area (Å²) in [6.45, 7) is 6.62. The molecule has 1 rings (SSSR count). The average molecular weight is 269 g/mol. The summed E-state index contributed by atoms with van der Waals surface area (Å²) < 4.78 is 0. The Hall–Kier alpha value is -1.09. The predicted octanol–water partition coefficient (Wildman–Crippen LogP) is 4.17. The minimum atomic E-state index is 0.289. The molecule has 2 unspecified atom stereocenters. The summed E-state index contributed by atoms with van der Waals surface area (Å²) in [5.41, 5.74) is 1.16. The van der Waals surface area contributed by atoms with E-state index < -0.39 is 0 Å². The van der Waals surface area contributed by atoms with Gasteiger partial charge in [0.1, 0.15) is 5.69 Å². The molecule has 18 heavy (non-hydrogen) atoms. The van der Waals surface area contributed by atoms with E-state index in [2.05, 4.69) is 31.1 Å². The topological polar surface area (TPSA) is 42.0 Å². The number of carbonyl (C=O) groups is 1. The van der Waals surface area contributed by atoms with Crippen molar-refractivity contribution in [2.45, 2.75) is 46.1 Å². The lowest BCUT2D eigenvalue weighted by Crippen LogP contribution is -2.21. The van der Waals surface area contributed by atoms with Crippen molar-refractivity contribution < 1.29 is 4.79 Å². The third-order valence-electron chi connectivity index (χ3n) is 3.23. The van der Waals surface area contributed by atoms with E-state index in [0.29, 0.717) is 23.3 Å². The van der Waals surface area contributed by atoms with Gasteiger partial charge in [0.25, 0.3) is 0 Å². The molecular weight excluding hydrogens is 248 g/mol. The lowest BCUT2D eigenvalue weighted by atomic mass is 9.97. The highest BCUT2D eigenvalue weighted by molar-refractivity contribution is 6.32. The maximum absolute atomic E-state index is 10.6. The molecule has 1 aromatic rings. The summed E-state index contributed by atoms with van der Waals surface area (Å²) in [5.74, 6) is 0.695.